The highest BCUT2D eigenvalue weighted by molar-refractivity contribution is 7.91. The number of hydrogen-bond acceptors (Lipinski definition) is 5. The molecule has 22 heavy (non-hydrogen) atoms. The molecular weight excluding hydrogens is 336 g/mol. The van der Waals surface area contributed by atoms with Gasteiger partial charge in [-0.25, -0.2) is 13.4 Å². The molecule has 1 saturated heterocycles. The van der Waals surface area contributed by atoms with Crippen LogP contribution < -0.4 is 0 Å². The molecule has 0 radical (unpaired) electrons. The molecule has 4 rings (SSSR count). The molecule has 0 bridgehead atoms. The minimum absolute atomic E-state index is 0.135. The lowest BCUT2D eigenvalue weighted by Gasteiger charge is -2.21. The number of aromatic nitrogens is 1. The predicted octanol–water partition coefficient (Wildman–Crippen LogP) is 3.88. The fraction of sp³-hybridized carbons (Fsp3) is 0.267. The number of thiophene rings is 1. The lowest BCUT2D eigenvalue weighted by molar-refractivity contribution is 0.397. The molecule has 1 aromatic carbocycles. The van der Waals surface area contributed by atoms with Gasteiger partial charge in [-0.2, -0.15) is 4.31 Å². The van der Waals surface area contributed by atoms with Crippen molar-refractivity contribution in [3.05, 3.63) is 46.8 Å². The number of rotatable bonds is 3. The molecule has 1 atom stereocenters. The predicted molar refractivity (Wildman–Crippen MR) is 89.8 cm³/mol. The summed E-state index contributed by atoms with van der Waals surface area (Å²) in [6, 6.07) is 11.3. The van der Waals surface area contributed by atoms with E-state index in [1.54, 1.807) is 33.2 Å². The number of thiazole rings is 1. The molecule has 4 nitrogen and oxygen atoms in total. The van der Waals surface area contributed by atoms with Crippen LogP contribution in [-0.2, 0) is 10.0 Å². The van der Waals surface area contributed by atoms with Crippen LogP contribution in [0.2, 0.25) is 0 Å². The van der Waals surface area contributed by atoms with Gasteiger partial charge >= 0.3 is 0 Å². The van der Waals surface area contributed by atoms with Crippen molar-refractivity contribution in [2.24, 2.45) is 0 Å². The van der Waals surface area contributed by atoms with Gasteiger partial charge in [0.1, 0.15) is 9.22 Å². The van der Waals surface area contributed by atoms with E-state index in [1.807, 2.05) is 24.3 Å². The summed E-state index contributed by atoms with van der Waals surface area (Å²) in [5, 5.41) is 2.70. The summed E-state index contributed by atoms with van der Waals surface area (Å²) in [5.74, 6) is 0. The van der Waals surface area contributed by atoms with Gasteiger partial charge in [0.25, 0.3) is 10.0 Å². The standard InChI is InChI=1S/C15H14N2O2S3/c18-22(19,14-8-4-10-20-14)17-9-3-6-12(17)15-16-11-5-1-2-7-13(11)21-15/h1-2,4-5,7-8,10,12H,3,6,9H2. The Morgan fingerprint density at radius 2 is 2.05 bits per heavy atom. The Balaban J connectivity index is 1.75. The van der Waals surface area contributed by atoms with Crippen LogP contribution >= 0.6 is 22.7 Å². The monoisotopic (exact) mass is 350 g/mol. The molecule has 7 heteroatoms. The average Bonchev–Trinajstić information content (AvgIpc) is 3.25. The van der Waals surface area contributed by atoms with Crippen molar-refractivity contribution in [2.45, 2.75) is 23.1 Å². The maximum atomic E-state index is 12.8. The lowest BCUT2D eigenvalue weighted by atomic mass is 10.2. The number of para-hydroxylation sites is 1. The number of nitrogens with zero attached hydrogens (tertiary/aromatic N) is 2. The first-order valence-corrected chi connectivity index (χ1v) is 10.2. The van der Waals surface area contributed by atoms with E-state index in [4.69, 9.17) is 0 Å². The zero-order chi connectivity index (χ0) is 15.2. The van der Waals surface area contributed by atoms with E-state index in [1.165, 1.54) is 11.3 Å². The maximum absolute atomic E-state index is 12.8. The lowest BCUT2D eigenvalue weighted by Crippen LogP contribution is -2.30. The Kier molecular flexibility index (Phi) is 3.53. The van der Waals surface area contributed by atoms with E-state index in [2.05, 4.69) is 4.98 Å². The van der Waals surface area contributed by atoms with Gasteiger partial charge < -0.3 is 0 Å². The van der Waals surface area contributed by atoms with Crippen LogP contribution in [0.3, 0.4) is 0 Å². The quantitative estimate of drug-likeness (QED) is 0.720. The molecule has 2 aromatic heterocycles. The Morgan fingerprint density at radius 3 is 2.82 bits per heavy atom. The molecule has 3 heterocycles. The number of benzene rings is 1. The van der Waals surface area contributed by atoms with Gasteiger partial charge in [-0.05, 0) is 36.4 Å². The second kappa shape index (κ2) is 5.42. The summed E-state index contributed by atoms with van der Waals surface area (Å²) < 4.78 is 28.8. The molecule has 0 aliphatic carbocycles. The van der Waals surface area contributed by atoms with E-state index in [-0.39, 0.29) is 6.04 Å². The fourth-order valence-corrected chi connectivity index (χ4v) is 6.80. The summed E-state index contributed by atoms with van der Waals surface area (Å²) in [4.78, 5) is 4.66. The molecule has 0 amide bonds. The first-order valence-electron chi connectivity index (χ1n) is 7.07. The van der Waals surface area contributed by atoms with Gasteiger partial charge in [-0.3, -0.25) is 0 Å². The Hall–Kier alpha value is -1.28. The largest absolute Gasteiger partial charge is 0.253 e. The molecule has 1 aliphatic heterocycles. The molecule has 0 N–H and O–H groups in total. The van der Waals surface area contributed by atoms with Crippen LogP contribution in [0, 0.1) is 0 Å². The Bertz CT molecular complexity index is 867. The average molecular weight is 350 g/mol. The third-order valence-corrected chi connectivity index (χ3v) is 8.28. The molecule has 1 fully saturated rings. The van der Waals surface area contributed by atoms with Gasteiger partial charge in [0, 0.05) is 6.54 Å². The van der Waals surface area contributed by atoms with Gasteiger partial charge in [0.05, 0.1) is 16.3 Å². The highest BCUT2D eigenvalue weighted by atomic mass is 32.2. The summed E-state index contributed by atoms with van der Waals surface area (Å²) >= 11 is 2.87. The van der Waals surface area contributed by atoms with Crippen LogP contribution in [0.1, 0.15) is 23.9 Å². The maximum Gasteiger partial charge on any atom is 0.253 e. The van der Waals surface area contributed by atoms with Crippen molar-refractivity contribution in [1.82, 2.24) is 9.29 Å². The number of fused-ring (bicyclic) bond motifs is 1. The van der Waals surface area contributed by atoms with Crippen LogP contribution in [0.4, 0.5) is 0 Å². The highest BCUT2D eigenvalue weighted by Gasteiger charge is 2.38. The molecule has 1 aliphatic rings. The third-order valence-electron chi connectivity index (χ3n) is 3.86. The second-order valence-corrected chi connectivity index (χ2v) is 9.35. The molecule has 114 valence electrons. The van der Waals surface area contributed by atoms with Gasteiger partial charge in [-0.1, -0.05) is 18.2 Å². The SMILES string of the molecule is O=S(=O)(c1cccs1)N1CCCC1c1nc2ccccc2s1. The molecule has 3 aromatic rings. The highest BCUT2D eigenvalue weighted by Crippen LogP contribution is 2.40. The first-order chi connectivity index (χ1) is 10.7. The smallest absolute Gasteiger partial charge is 0.239 e. The van der Waals surface area contributed by atoms with Crippen LogP contribution in [0.25, 0.3) is 10.2 Å². The molecular formula is C15H14N2O2S3. The normalized spacial score (nSPS) is 19.9. The molecule has 1 unspecified atom stereocenters. The Labute approximate surface area is 137 Å². The second-order valence-electron chi connectivity index (χ2n) is 5.23. The fourth-order valence-electron chi connectivity index (χ4n) is 2.83. The topological polar surface area (TPSA) is 50.3 Å². The van der Waals surface area contributed by atoms with Gasteiger partial charge in [0.15, 0.2) is 0 Å². The van der Waals surface area contributed by atoms with Crippen molar-refractivity contribution in [2.75, 3.05) is 6.54 Å². The van der Waals surface area contributed by atoms with E-state index < -0.39 is 10.0 Å². The van der Waals surface area contributed by atoms with Gasteiger partial charge in [-0.15, -0.1) is 22.7 Å². The minimum atomic E-state index is -3.41. The number of hydrogen-bond donors (Lipinski definition) is 0. The van der Waals surface area contributed by atoms with E-state index in [0.29, 0.717) is 10.8 Å². The van der Waals surface area contributed by atoms with Crippen molar-refractivity contribution in [1.29, 1.82) is 0 Å². The molecule has 0 saturated carbocycles. The number of sulfonamides is 1. The Morgan fingerprint density at radius 1 is 1.18 bits per heavy atom. The first kappa shape index (κ1) is 14.3. The summed E-state index contributed by atoms with van der Waals surface area (Å²) in [6.45, 7) is 0.570. The van der Waals surface area contributed by atoms with Crippen LogP contribution in [0.5, 0.6) is 0 Å². The van der Waals surface area contributed by atoms with Crippen molar-refractivity contribution in [3.63, 3.8) is 0 Å². The third kappa shape index (κ3) is 2.28. The summed E-state index contributed by atoms with van der Waals surface area (Å²) in [7, 11) is -3.41. The minimum Gasteiger partial charge on any atom is -0.239 e. The molecule has 0 spiro atoms. The van der Waals surface area contributed by atoms with Crippen molar-refractivity contribution >= 4 is 42.9 Å². The van der Waals surface area contributed by atoms with E-state index in [9.17, 15) is 8.42 Å². The summed E-state index contributed by atoms with van der Waals surface area (Å²) in [5.41, 5.74) is 0.947. The zero-order valence-electron chi connectivity index (χ0n) is 11.7. The van der Waals surface area contributed by atoms with Crippen molar-refractivity contribution in [3.8, 4) is 0 Å². The summed E-state index contributed by atoms with van der Waals surface area (Å²) in [6.07, 6.45) is 1.72. The van der Waals surface area contributed by atoms with E-state index in [0.717, 1.165) is 28.1 Å². The van der Waals surface area contributed by atoms with Crippen molar-refractivity contribution < 1.29 is 8.42 Å². The van der Waals surface area contributed by atoms with E-state index >= 15 is 0 Å². The van der Waals surface area contributed by atoms with Crippen LogP contribution in [0.15, 0.2) is 46.0 Å². The zero-order valence-corrected chi connectivity index (χ0v) is 14.1. The van der Waals surface area contributed by atoms with Gasteiger partial charge in [0.2, 0.25) is 0 Å². The van der Waals surface area contributed by atoms with Crippen LogP contribution in [-0.4, -0.2) is 24.3 Å².